The maximum Gasteiger partial charge on any atom is 0.229 e. The van der Waals surface area contributed by atoms with Crippen molar-refractivity contribution in [2.45, 2.75) is 0 Å². The molecule has 5 nitrogen and oxygen atoms in total. The Kier molecular flexibility index (Phi) is 3.62. The average molecular weight is 279 g/mol. The van der Waals surface area contributed by atoms with E-state index in [1.165, 1.54) is 18.2 Å². The lowest BCUT2D eigenvalue weighted by molar-refractivity contribution is 0.456. The summed E-state index contributed by atoms with van der Waals surface area (Å²) in [5, 5.41) is 9.46. The van der Waals surface area contributed by atoms with Gasteiger partial charge in [0.1, 0.15) is 11.5 Å². The number of phenols is 1. The predicted molar refractivity (Wildman–Crippen MR) is 73.1 cm³/mol. The van der Waals surface area contributed by atoms with E-state index in [4.69, 9.17) is 4.74 Å². The lowest BCUT2D eigenvalue weighted by Crippen LogP contribution is -2.10. The number of sulfonamides is 1. The van der Waals surface area contributed by atoms with Crippen molar-refractivity contribution in [3.63, 3.8) is 0 Å². The predicted octanol–water partition coefficient (Wildman–Crippen LogP) is 2.56. The quantitative estimate of drug-likeness (QED) is 0.843. The number of anilines is 1. The number of para-hydroxylation sites is 1. The van der Waals surface area contributed by atoms with Gasteiger partial charge in [-0.05, 0) is 24.3 Å². The highest BCUT2D eigenvalue weighted by Gasteiger charge is 2.10. The normalized spacial score (nSPS) is 11.0. The second-order valence-electron chi connectivity index (χ2n) is 3.97. The van der Waals surface area contributed by atoms with Crippen LogP contribution in [0.2, 0.25) is 0 Å². The Morgan fingerprint density at radius 1 is 1.11 bits per heavy atom. The first-order valence-electron chi connectivity index (χ1n) is 5.48. The third kappa shape index (κ3) is 3.89. The highest BCUT2D eigenvalue weighted by atomic mass is 32.2. The zero-order chi connectivity index (χ0) is 13.9. The molecule has 6 heteroatoms. The van der Waals surface area contributed by atoms with Crippen molar-refractivity contribution >= 4 is 15.7 Å². The third-order valence-corrected chi connectivity index (χ3v) is 2.82. The number of aromatic hydroxyl groups is 1. The van der Waals surface area contributed by atoms with E-state index in [9.17, 15) is 13.5 Å². The number of nitrogens with one attached hydrogen (secondary N) is 1. The van der Waals surface area contributed by atoms with Crippen LogP contribution in [0.3, 0.4) is 0 Å². The molecule has 0 unspecified atom stereocenters. The first-order valence-corrected chi connectivity index (χ1v) is 7.37. The fourth-order valence-corrected chi connectivity index (χ4v) is 2.06. The van der Waals surface area contributed by atoms with Gasteiger partial charge in [-0.25, -0.2) is 8.42 Å². The molecule has 0 radical (unpaired) electrons. The van der Waals surface area contributed by atoms with Crippen molar-refractivity contribution in [1.82, 2.24) is 0 Å². The molecule has 0 atom stereocenters. The summed E-state index contributed by atoms with van der Waals surface area (Å²) in [5.41, 5.74) is 0.268. The van der Waals surface area contributed by atoms with Crippen LogP contribution in [0, 0.1) is 0 Å². The summed E-state index contributed by atoms with van der Waals surface area (Å²) in [6, 6.07) is 13.1. The van der Waals surface area contributed by atoms with Gasteiger partial charge in [0, 0.05) is 6.07 Å². The molecule has 0 heterocycles. The zero-order valence-electron chi connectivity index (χ0n) is 10.2. The van der Waals surface area contributed by atoms with Crippen LogP contribution in [0.15, 0.2) is 48.5 Å². The van der Waals surface area contributed by atoms with Crippen LogP contribution in [0.1, 0.15) is 0 Å². The van der Waals surface area contributed by atoms with Crippen molar-refractivity contribution in [2.24, 2.45) is 0 Å². The first-order chi connectivity index (χ1) is 8.94. The minimum absolute atomic E-state index is 0.00928. The molecule has 0 aliphatic heterocycles. The summed E-state index contributed by atoms with van der Waals surface area (Å²) < 4.78 is 30.4. The van der Waals surface area contributed by atoms with Crippen LogP contribution < -0.4 is 9.46 Å². The van der Waals surface area contributed by atoms with Gasteiger partial charge in [0.05, 0.1) is 11.9 Å². The van der Waals surface area contributed by atoms with Gasteiger partial charge >= 0.3 is 0 Å². The number of hydrogen-bond donors (Lipinski definition) is 2. The van der Waals surface area contributed by atoms with E-state index < -0.39 is 10.0 Å². The van der Waals surface area contributed by atoms with E-state index >= 15 is 0 Å². The molecule has 19 heavy (non-hydrogen) atoms. The van der Waals surface area contributed by atoms with Crippen molar-refractivity contribution in [1.29, 1.82) is 0 Å². The molecule has 2 rings (SSSR count). The van der Waals surface area contributed by atoms with Gasteiger partial charge in [0.25, 0.3) is 0 Å². The molecule has 0 fully saturated rings. The largest absolute Gasteiger partial charge is 0.508 e. The van der Waals surface area contributed by atoms with Gasteiger partial charge in [-0.1, -0.05) is 18.2 Å². The van der Waals surface area contributed by atoms with Gasteiger partial charge in [0.15, 0.2) is 5.75 Å². The van der Waals surface area contributed by atoms with E-state index in [0.717, 1.165) is 6.26 Å². The number of rotatable bonds is 4. The summed E-state index contributed by atoms with van der Waals surface area (Å²) >= 11 is 0. The molecular weight excluding hydrogens is 266 g/mol. The number of hydrogen-bond acceptors (Lipinski definition) is 4. The third-order valence-electron chi connectivity index (χ3n) is 2.23. The second-order valence-corrected chi connectivity index (χ2v) is 5.72. The molecule has 0 saturated heterocycles. The average Bonchev–Trinajstić information content (AvgIpc) is 2.32. The molecule has 100 valence electrons. The van der Waals surface area contributed by atoms with E-state index in [1.54, 1.807) is 24.3 Å². The zero-order valence-corrected chi connectivity index (χ0v) is 11.0. The number of phenolic OH excluding ortho intramolecular Hbond substituents is 1. The monoisotopic (exact) mass is 279 g/mol. The molecule has 2 N–H and O–H groups in total. The summed E-state index contributed by atoms with van der Waals surface area (Å²) in [6.45, 7) is 0. The standard InChI is InChI=1S/C13H13NO4S/c1-19(16,17)14-12-8-7-10(15)9-13(12)18-11-5-3-2-4-6-11/h2-9,14-15H,1H3. The van der Waals surface area contributed by atoms with Gasteiger partial charge < -0.3 is 9.84 Å². The van der Waals surface area contributed by atoms with Crippen LogP contribution in [0.25, 0.3) is 0 Å². The highest BCUT2D eigenvalue weighted by molar-refractivity contribution is 7.92. The van der Waals surface area contributed by atoms with Gasteiger partial charge in [-0.3, -0.25) is 4.72 Å². The van der Waals surface area contributed by atoms with Gasteiger partial charge in [-0.2, -0.15) is 0 Å². The fraction of sp³-hybridized carbons (Fsp3) is 0.0769. The van der Waals surface area contributed by atoms with Crippen molar-refractivity contribution < 1.29 is 18.3 Å². The Balaban J connectivity index is 2.35. The Bertz CT molecular complexity index is 668. The molecule has 2 aromatic rings. The van der Waals surface area contributed by atoms with E-state index in [2.05, 4.69) is 4.72 Å². The minimum atomic E-state index is -3.42. The van der Waals surface area contributed by atoms with E-state index in [1.807, 2.05) is 6.07 Å². The molecule has 0 amide bonds. The number of ether oxygens (including phenoxy) is 1. The Morgan fingerprint density at radius 3 is 2.42 bits per heavy atom. The van der Waals surface area contributed by atoms with Crippen molar-refractivity contribution in [3.8, 4) is 17.2 Å². The van der Waals surface area contributed by atoms with Crippen LogP contribution in [-0.2, 0) is 10.0 Å². The smallest absolute Gasteiger partial charge is 0.229 e. The molecule has 0 aliphatic rings. The molecule has 0 aromatic heterocycles. The lowest BCUT2D eigenvalue weighted by Gasteiger charge is -2.12. The van der Waals surface area contributed by atoms with Crippen LogP contribution in [0.4, 0.5) is 5.69 Å². The Morgan fingerprint density at radius 2 is 1.79 bits per heavy atom. The topological polar surface area (TPSA) is 75.6 Å². The maximum atomic E-state index is 11.3. The first kappa shape index (κ1) is 13.2. The Labute approximate surface area is 111 Å². The summed E-state index contributed by atoms with van der Waals surface area (Å²) in [7, 11) is -3.42. The molecule has 0 bridgehead atoms. The second kappa shape index (κ2) is 5.19. The fourth-order valence-electron chi connectivity index (χ4n) is 1.50. The Hall–Kier alpha value is -2.21. The molecule has 0 aliphatic carbocycles. The summed E-state index contributed by atoms with van der Waals surface area (Å²) in [5.74, 6) is 0.770. The SMILES string of the molecule is CS(=O)(=O)Nc1ccc(O)cc1Oc1ccccc1. The van der Waals surface area contributed by atoms with Crippen LogP contribution in [-0.4, -0.2) is 19.8 Å². The van der Waals surface area contributed by atoms with Crippen molar-refractivity contribution in [2.75, 3.05) is 11.0 Å². The molecule has 0 saturated carbocycles. The van der Waals surface area contributed by atoms with Gasteiger partial charge in [-0.15, -0.1) is 0 Å². The summed E-state index contributed by atoms with van der Waals surface area (Å²) in [6.07, 6.45) is 1.05. The lowest BCUT2D eigenvalue weighted by atomic mass is 10.3. The van der Waals surface area contributed by atoms with Gasteiger partial charge in [0.2, 0.25) is 10.0 Å². The van der Waals surface area contributed by atoms with E-state index in [-0.39, 0.29) is 17.2 Å². The van der Waals surface area contributed by atoms with E-state index in [0.29, 0.717) is 5.75 Å². The molecule has 2 aromatic carbocycles. The maximum absolute atomic E-state index is 11.3. The number of benzene rings is 2. The molecule has 0 spiro atoms. The summed E-state index contributed by atoms with van der Waals surface area (Å²) in [4.78, 5) is 0. The minimum Gasteiger partial charge on any atom is -0.508 e. The van der Waals surface area contributed by atoms with Crippen LogP contribution in [0.5, 0.6) is 17.2 Å². The molecular formula is C13H13NO4S. The van der Waals surface area contributed by atoms with Crippen molar-refractivity contribution in [3.05, 3.63) is 48.5 Å². The van der Waals surface area contributed by atoms with Crippen LogP contribution >= 0.6 is 0 Å². The highest BCUT2D eigenvalue weighted by Crippen LogP contribution is 2.33.